The molecule has 7 heteroatoms. The second kappa shape index (κ2) is 8.45. The fourth-order valence-electron chi connectivity index (χ4n) is 3.51. The van der Waals surface area contributed by atoms with Gasteiger partial charge < -0.3 is 9.88 Å². The Morgan fingerprint density at radius 3 is 2.45 bits per heavy atom. The number of imide groups is 1. The predicted molar refractivity (Wildman–Crippen MR) is 115 cm³/mol. The maximum Gasteiger partial charge on any atom is 0.325 e. The number of aromatic nitrogens is 1. The van der Waals surface area contributed by atoms with E-state index in [0.29, 0.717) is 18.1 Å². The van der Waals surface area contributed by atoms with Crippen molar-refractivity contribution in [1.29, 1.82) is 0 Å². The molecule has 0 bridgehead atoms. The lowest BCUT2D eigenvalue weighted by Crippen LogP contribution is -2.40. The smallest absolute Gasteiger partial charge is 0.325 e. The number of thioether (sulfide) groups is 1. The lowest BCUT2D eigenvalue weighted by Gasteiger charge is -2.15. The average molecular weight is 414 g/mol. The summed E-state index contributed by atoms with van der Waals surface area (Å²) in [6, 6.07) is 11.8. The van der Waals surface area contributed by atoms with Gasteiger partial charge in [0.2, 0.25) is 0 Å². The maximum atomic E-state index is 12.7. The van der Waals surface area contributed by atoms with Crippen LogP contribution >= 0.6 is 11.8 Å². The standard InChI is InChI=1S/C22H27N3O3S/c1-15-12-18(16(2)25(15)13-17-8-6-5-7-9-17)19(26)14-29-11-10-24-20(27)22(3,4)23-21(24)28/h5-9,12H,10-11,13-14H2,1-4H3,(H,23,28). The molecule has 154 valence electrons. The van der Waals surface area contributed by atoms with Crippen LogP contribution in [0.5, 0.6) is 0 Å². The molecule has 0 spiro atoms. The molecule has 29 heavy (non-hydrogen) atoms. The Morgan fingerprint density at radius 2 is 1.83 bits per heavy atom. The largest absolute Gasteiger partial charge is 0.344 e. The first kappa shape index (κ1) is 21.2. The summed E-state index contributed by atoms with van der Waals surface area (Å²) in [6.07, 6.45) is 0. The lowest BCUT2D eigenvalue weighted by molar-refractivity contribution is -0.130. The molecule has 2 heterocycles. The van der Waals surface area contributed by atoms with Gasteiger partial charge in [0.25, 0.3) is 5.91 Å². The van der Waals surface area contributed by atoms with Crippen LogP contribution in [0, 0.1) is 13.8 Å². The number of nitrogens with one attached hydrogen (secondary N) is 1. The molecule has 1 N–H and O–H groups in total. The predicted octanol–water partition coefficient (Wildman–Crippen LogP) is 3.40. The summed E-state index contributed by atoms with van der Waals surface area (Å²) in [7, 11) is 0. The maximum absolute atomic E-state index is 12.7. The zero-order chi connectivity index (χ0) is 21.2. The molecule has 1 fully saturated rings. The molecule has 0 aliphatic carbocycles. The van der Waals surface area contributed by atoms with Crippen molar-refractivity contribution >= 4 is 29.5 Å². The average Bonchev–Trinajstić information content (AvgIpc) is 3.06. The normalized spacial score (nSPS) is 15.7. The molecule has 1 aliphatic rings. The van der Waals surface area contributed by atoms with Crippen molar-refractivity contribution in [2.24, 2.45) is 0 Å². The van der Waals surface area contributed by atoms with Crippen molar-refractivity contribution in [2.45, 2.75) is 39.8 Å². The molecular weight excluding hydrogens is 386 g/mol. The van der Waals surface area contributed by atoms with Gasteiger partial charge in [-0.05, 0) is 39.3 Å². The second-order valence-corrected chi connectivity index (χ2v) is 8.95. The van der Waals surface area contributed by atoms with Gasteiger partial charge in [0.15, 0.2) is 5.78 Å². The third-order valence-corrected chi connectivity index (χ3v) is 6.13. The number of Topliss-reactive ketones (excluding diaryl/α,β-unsaturated/α-hetero) is 1. The third-order valence-electron chi connectivity index (χ3n) is 5.19. The Hall–Kier alpha value is -2.54. The van der Waals surface area contributed by atoms with E-state index in [-0.39, 0.29) is 17.7 Å². The minimum absolute atomic E-state index is 0.0694. The van der Waals surface area contributed by atoms with Crippen molar-refractivity contribution in [1.82, 2.24) is 14.8 Å². The fraction of sp³-hybridized carbons (Fsp3) is 0.409. The molecular formula is C22H27N3O3S. The van der Waals surface area contributed by atoms with Crippen LogP contribution in [0.2, 0.25) is 0 Å². The van der Waals surface area contributed by atoms with E-state index in [0.717, 1.165) is 23.5 Å². The van der Waals surface area contributed by atoms with Gasteiger partial charge in [-0.25, -0.2) is 4.79 Å². The summed E-state index contributed by atoms with van der Waals surface area (Å²) in [4.78, 5) is 38.0. The van der Waals surface area contributed by atoms with Gasteiger partial charge in [-0.2, -0.15) is 11.8 Å². The number of rotatable bonds is 8. The Bertz CT molecular complexity index is 934. The Kier molecular flexibility index (Phi) is 6.17. The summed E-state index contributed by atoms with van der Waals surface area (Å²) < 4.78 is 2.16. The number of nitrogens with zero attached hydrogens (tertiary/aromatic N) is 2. The van der Waals surface area contributed by atoms with Gasteiger partial charge >= 0.3 is 6.03 Å². The number of aryl methyl sites for hydroxylation is 1. The summed E-state index contributed by atoms with van der Waals surface area (Å²) in [6.45, 7) is 8.41. The van der Waals surface area contributed by atoms with Gasteiger partial charge in [-0.1, -0.05) is 30.3 Å². The number of ketones is 1. The van der Waals surface area contributed by atoms with Crippen molar-refractivity contribution in [2.75, 3.05) is 18.1 Å². The van der Waals surface area contributed by atoms with E-state index in [1.54, 1.807) is 13.8 Å². The Balaban J connectivity index is 1.56. The minimum Gasteiger partial charge on any atom is -0.344 e. The van der Waals surface area contributed by atoms with E-state index in [2.05, 4.69) is 22.0 Å². The van der Waals surface area contributed by atoms with Gasteiger partial charge in [0, 0.05) is 35.8 Å². The Morgan fingerprint density at radius 1 is 1.14 bits per heavy atom. The molecule has 0 atom stereocenters. The highest BCUT2D eigenvalue weighted by Crippen LogP contribution is 2.20. The summed E-state index contributed by atoms with van der Waals surface area (Å²) in [5.74, 6) is 0.700. The SMILES string of the molecule is Cc1cc(C(=O)CSCCN2C(=O)NC(C)(C)C2=O)c(C)n1Cc1ccccc1. The molecule has 3 amide bonds. The highest BCUT2D eigenvalue weighted by atomic mass is 32.2. The van der Waals surface area contributed by atoms with Crippen molar-refractivity contribution in [3.63, 3.8) is 0 Å². The van der Waals surface area contributed by atoms with Crippen LogP contribution in [-0.2, 0) is 11.3 Å². The second-order valence-electron chi connectivity index (χ2n) is 7.84. The summed E-state index contributed by atoms with van der Waals surface area (Å²) in [5.41, 5.74) is 3.10. The van der Waals surface area contributed by atoms with E-state index < -0.39 is 5.54 Å². The highest BCUT2D eigenvalue weighted by molar-refractivity contribution is 8.00. The van der Waals surface area contributed by atoms with Gasteiger partial charge in [-0.15, -0.1) is 0 Å². The van der Waals surface area contributed by atoms with Gasteiger partial charge in [-0.3, -0.25) is 14.5 Å². The first-order chi connectivity index (χ1) is 13.7. The van der Waals surface area contributed by atoms with Crippen LogP contribution in [0.4, 0.5) is 4.79 Å². The van der Waals surface area contributed by atoms with E-state index in [1.165, 1.54) is 22.2 Å². The van der Waals surface area contributed by atoms with Gasteiger partial charge in [0.1, 0.15) is 5.54 Å². The molecule has 1 saturated heterocycles. The molecule has 1 aromatic heterocycles. The number of hydrogen-bond donors (Lipinski definition) is 1. The molecule has 1 aromatic carbocycles. The topological polar surface area (TPSA) is 71.4 Å². The molecule has 0 saturated carbocycles. The lowest BCUT2D eigenvalue weighted by atomic mass is 10.1. The zero-order valence-corrected chi connectivity index (χ0v) is 18.1. The highest BCUT2D eigenvalue weighted by Gasteiger charge is 2.43. The van der Waals surface area contributed by atoms with E-state index in [1.807, 2.05) is 38.1 Å². The van der Waals surface area contributed by atoms with Crippen molar-refractivity contribution in [3.05, 3.63) is 58.9 Å². The van der Waals surface area contributed by atoms with E-state index in [9.17, 15) is 14.4 Å². The van der Waals surface area contributed by atoms with Crippen LogP contribution in [0.15, 0.2) is 36.4 Å². The van der Waals surface area contributed by atoms with Crippen LogP contribution < -0.4 is 5.32 Å². The van der Waals surface area contributed by atoms with Crippen LogP contribution in [0.1, 0.15) is 41.2 Å². The van der Waals surface area contributed by atoms with E-state index >= 15 is 0 Å². The number of carbonyl (C=O) groups excluding carboxylic acids is 3. The number of amides is 3. The van der Waals surface area contributed by atoms with Crippen molar-refractivity contribution < 1.29 is 14.4 Å². The number of hydrogen-bond acceptors (Lipinski definition) is 4. The molecule has 3 rings (SSSR count). The van der Waals surface area contributed by atoms with Crippen LogP contribution in [-0.4, -0.2) is 50.8 Å². The van der Waals surface area contributed by atoms with Gasteiger partial charge in [0.05, 0.1) is 5.75 Å². The van der Waals surface area contributed by atoms with Crippen LogP contribution in [0.3, 0.4) is 0 Å². The number of urea groups is 1. The first-order valence-electron chi connectivity index (χ1n) is 9.66. The summed E-state index contributed by atoms with van der Waals surface area (Å²) in [5, 5.41) is 2.66. The number of benzene rings is 1. The van der Waals surface area contributed by atoms with Crippen LogP contribution in [0.25, 0.3) is 0 Å². The summed E-state index contributed by atoms with van der Waals surface area (Å²) >= 11 is 1.44. The monoisotopic (exact) mass is 413 g/mol. The zero-order valence-electron chi connectivity index (χ0n) is 17.3. The fourth-order valence-corrected chi connectivity index (χ4v) is 4.31. The van der Waals surface area contributed by atoms with Crippen molar-refractivity contribution in [3.8, 4) is 0 Å². The first-order valence-corrected chi connectivity index (χ1v) is 10.8. The quantitative estimate of drug-likeness (QED) is 0.409. The molecule has 1 aliphatic heterocycles. The molecule has 0 unspecified atom stereocenters. The Labute approximate surface area is 175 Å². The minimum atomic E-state index is -0.853. The number of carbonyl (C=O) groups is 3. The molecule has 0 radical (unpaired) electrons. The molecule has 2 aromatic rings. The van der Waals surface area contributed by atoms with E-state index in [4.69, 9.17) is 0 Å². The third kappa shape index (κ3) is 4.56. The molecule has 6 nitrogen and oxygen atoms in total.